The van der Waals surface area contributed by atoms with E-state index >= 15 is 0 Å². The second-order valence-corrected chi connectivity index (χ2v) is 5.95. The fraction of sp³-hybridized carbons (Fsp3) is 0.111. The topological polar surface area (TPSA) is 112 Å². The van der Waals surface area contributed by atoms with Crippen LogP contribution in [0.5, 0.6) is 11.5 Å². The van der Waals surface area contributed by atoms with Crippen LogP contribution in [-0.2, 0) is 6.54 Å². The molecule has 3 heterocycles. The maximum Gasteiger partial charge on any atom is 0.329 e. The first-order valence-corrected chi connectivity index (χ1v) is 8.13. The summed E-state index contributed by atoms with van der Waals surface area (Å²) >= 11 is 0. The van der Waals surface area contributed by atoms with Crippen LogP contribution in [0.15, 0.2) is 56.6 Å². The van der Waals surface area contributed by atoms with Crippen LogP contribution in [0, 0.1) is 0 Å². The number of benzene rings is 2. The third-order valence-electron chi connectivity index (χ3n) is 4.27. The quantitative estimate of drug-likeness (QED) is 0.586. The highest BCUT2D eigenvalue weighted by atomic mass is 16.7. The molecule has 5 rings (SSSR count). The summed E-state index contributed by atoms with van der Waals surface area (Å²) in [6, 6.07) is 12.4. The molecule has 0 atom stereocenters. The predicted molar refractivity (Wildman–Crippen MR) is 93.8 cm³/mol. The number of hydrogen-bond acceptors (Lipinski definition) is 7. The zero-order valence-corrected chi connectivity index (χ0v) is 13.8. The van der Waals surface area contributed by atoms with Gasteiger partial charge in [0, 0.05) is 11.6 Å². The van der Waals surface area contributed by atoms with E-state index in [4.69, 9.17) is 14.0 Å². The first-order chi connectivity index (χ1) is 13.2. The Bertz CT molecular complexity index is 1270. The van der Waals surface area contributed by atoms with Crippen molar-refractivity contribution in [2.45, 2.75) is 6.54 Å². The summed E-state index contributed by atoms with van der Waals surface area (Å²) in [7, 11) is 0. The molecule has 0 aliphatic carbocycles. The van der Waals surface area contributed by atoms with Crippen LogP contribution in [0.2, 0.25) is 0 Å². The Balaban J connectivity index is 1.56. The fourth-order valence-corrected chi connectivity index (χ4v) is 2.95. The van der Waals surface area contributed by atoms with E-state index in [0.29, 0.717) is 28.2 Å². The van der Waals surface area contributed by atoms with E-state index in [1.165, 1.54) is 0 Å². The Morgan fingerprint density at radius 2 is 1.85 bits per heavy atom. The Labute approximate surface area is 150 Å². The highest BCUT2D eigenvalue weighted by molar-refractivity contribution is 5.81. The summed E-state index contributed by atoms with van der Waals surface area (Å²) in [5, 5.41) is 4.21. The molecule has 4 aromatic rings. The maximum absolute atomic E-state index is 12.8. The Morgan fingerprint density at radius 3 is 2.67 bits per heavy atom. The summed E-state index contributed by atoms with van der Waals surface area (Å²) in [4.78, 5) is 32.1. The molecule has 0 fully saturated rings. The Kier molecular flexibility index (Phi) is 3.32. The van der Waals surface area contributed by atoms with Gasteiger partial charge in [0.15, 0.2) is 11.5 Å². The SMILES string of the molecule is O=c1[nH]c2cc3c(cc2c(=O)n1Cc1nc(-c2ccccc2)no1)OCO3. The van der Waals surface area contributed by atoms with Crippen molar-refractivity contribution in [3.05, 3.63) is 69.2 Å². The fourth-order valence-electron chi connectivity index (χ4n) is 2.95. The first kappa shape index (κ1) is 15.4. The third kappa shape index (κ3) is 2.56. The first-order valence-electron chi connectivity index (χ1n) is 8.13. The van der Waals surface area contributed by atoms with Crippen molar-refractivity contribution < 1.29 is 14.0 Å². The lowest BCUT2D eigenvalue weighted by Gasteiger charge is -2.05. The highest BCUT2D eigenvalue weighted by Crippen LogP contribution is 2.34. The monoisotopic (exact) mass is 364 g/mol. The highest BCUT2D eigenvalue weighted by Gasteiger charge is 2.18. The van der Waals surface area contributed by atoms with Gasteiger partial charge >= 0.3 is 5.69 Å². The number of ether oxygens (including phenoxy) is 2. The molecule has 0 saturated carbocycles. The smallest absolute Gasteiger partial charge is 0.329 e. The van der Waals surface area contributed by atoms with Gasteiger partial charge in [-0.25, -0.2) is 4.79 Å². The standard InChI is InChI=1S/C18H12N4O5/c23-17-11-6-13-14(26-9-25-13)7-12(11)19-18(24)22(17)8-15-20-16(21-27-15)10-4-2-1-3-5-10/h1-7H,8-9H2,(H,19,24). The van der Waals surface area contributed by atoms with E-state index in [2.05, 4.69) is 15.1 Å². The number of rotatable bonds is 3. The van der Waals surface area contributed by atoms with Crippen LogP contribution in [0.3, 0.4) is 0 Å². The van der Waals surface area contributed by atoms with Crippen molar-refractivity contribution in [1.82, 2.24) is 19.7 Å². The summed E-state index contributed by atoms with van der Waals surface area (Å²) in [6.07, 6.45) is 0. The van der Waals surface area contributed by atoms with Crippen LogP contribution in [0.25, 0.3) is 22.3 Å². The van der Waals surface area contributed by atoms with Gasteiger partial charge < -0.3 is 19.0 Å². The zero-order chi connectivity index (χ0) is 18.4. The summed E-state index contributed by atoms with van der Waals surface area (Å²) < 4.78 is 16.8. The molecule has 0 spiro atoms. The van der Waals surface area contributed by atoms with Gasteiger partial charge in [-0.15, -0.1) is 0 Å². The zero-order valence-electron chi connectivity index (χ0n) is 13.8. The lowest BCUT2D eigenvalue weighted by Crippen LogP contribution is -2.35. The number of fused-ring (bicyclic) bond motifs is 2. The molecule has 0 amide bonds. The van der Waals surface area contributed by atoms with Crippen LogP contribution in [0.4, 0.5) is 0 Å². The van der Waals surface area contributed by atoms with Crippen molar-refractivity contribution in [2.24, 2.45) is 0 Å². The van der Waals surface area contributed by atoms with E-state index in [9.17, 15) is 9.59 Å². The molecule has 1 aliphatic rings. The number of nitrogens with zero attached hydrogens (tertiary/aromatic N) is 3. The minimum atomic E-state index is -0.578. The molecule has 134 valence electrons. The van der Waals surface area contributed by atoms with Gasteiger partial charge in [-0.1, -0.05) is 35.5 Å². The average molecular weight is 364 g/mol. The number of nitrogens with one attached hydrogen (secondary N) is 1. The van der Waals surface area contributed by atoms with Gasteiger partial charge in [-0.05, 0) is 6.07 Å². The minimum Gasteiger partial charge on any atom is -0.454 e. The Hall–Kier alpha value is -3.88. The molecule has 27 heavy (non-hydrogen) atoms. The molecular weight excluding hydrogens is 352 g/mol. The van der Waals surface area contributed by atoms with Gasteiger partial charge in [0.1, 0.15) is 6.54 Å². The Morgan fingerprint density at radius 1 is 1.07 bits per heavy atom. The van der Waals surface area contributed by atoms with Crippen LogP contribution in [0.1, 0.15) is 5.89 Å². The minimum absolute atomic E-state index is 0.0777. The van der Waals surface area contributed by atoms with Gasteiger partial charge in [0.2, 0.25) is 18.5 Å². The van der Waals surface area contributed by atoms with Crippen molar-refractivity contribution >= 4 is 10.9 Å². The largest absolute Gasteiger partial charge is 0.454 e. The maximum atomic E-state index is 12.8. The van der Waals surface area contributed by atoms with E-state index in [0.717, 1.165) is 10.1 Å². The van der Waals surface area contributed by atoms with E-state index in [-0.39, 0.29) is 19.2 Å². The lowest BCUT2D eigenvalue weighted by atomic mass is 10.2. The predicted octanol–water partition coefficient (Wildman–Crippen LogP) is 1.52. The molecule has 1 aliphatic heterocycles. The summed E-state index contributed by atoms with van der Waals surface area (Å²) in [5.74, 6) is 1.49. The molecule has 2 aromatic heterocycles. The average Bonchev–Trinajstić information content (AvgIpc) is 3.33. The van der Waals surface area contributed by atoms with Crippen LogP contribution >= 0.6 is 0 Å². The molecule has 9 heteroatoms. The lowest BCUT2D eigenvalue weighted by molar-refractivity contribution is 0.174. The molecule has 0 saturated heterocycles. The normalized spacial score (nSPS) is 12.6. The molecular formula is C18H12N4O5. The van der Waals surface area contributed by atoms with E-state index < -0.39 is 11.2 Å². The number of hydrogen-bond donors (Lipinski definition) is 1. The molecule has 9 nitrogen and oxygen atoms in total. The van der Waals surface area contributed by atoms with Crippen molar-refractivity contribution in [1.29, 1.82) is 0 Å². The molecule has 1 N–H and O–H groups in total. The van der Waals surface area contributed by atoms with Crippen LogP contribution in [-0.4, -0.2) is 26.5 Å². The molecule has 2 aromatic carbocycles. The second kappa shape index (κ2) is 5.84. The number of aromatic amines is 1. The van der Waals surface area contributed by atoms with Gasteiger partial charge in [-0.3, -0.25) is 9.36 Å². The second-order valence-electron chi connectivity index (χ2n) is 5.95. The van der Waals surface area contributed by atoms with Gasteiger partial charge in [-0.2, -0.15) is 4.98 Å². The van der Waals surface area contributed by atoms with Crippen LogP contribution < -0.4 is 20.7 Å². The van der Waals surface area contributed by atoms with E-state index in [1.807, 2.05) is 30.3 Å². The van der Waals surface area contributed by atoms with Gasteiger partial charge in [0.05, 0.1) is 10.9 Å². The number of aromatic nitrogens is 4. The van der Waals surface area contributed by atoms with Crippen molar-refractivity contribution in [3.63, 3.8) is 0 Å². The number of H-pyrrole nitrogens is 1. The summed E-state index contributed by atoms with van der Waals surface area (Å²) in [5.41, 5.74) is 0.0957. The van der Waals surface area contributed by atoms with Crippen molar-refractivity contribution in [3.8, 4) is 22.9 Å². The third-order valence-corrected chi connectivity index (χ3v) is 4.27. The molecule has 0 bridgehead atoms. The molecule has 0 unspecified atom stereocenters. The van der Waals surface area contributed by atoms with E-state index in [1.54, 1.807) is 12.1 Å². The summed E-state index contributed by atoms with van der Waals surface area (Å²) in [6.45, 7) is -0.0628. The van der Waals surface area contributed by atoms with Crippen molar-refractivity contribution in [2.75, 3.05) is 6.79 Å². The van der Waals surface area contributed by atoms with Gasteiger partial charge in [0.25, 0.3) is 5.56 Å². The molecule has 0 radical (unpaired) electrons.